The first-order chi connectivity index (χ1) is 11.4. The zero-order chi connectivity index (χ0) is 20.1. The fraction of sp³-hybridized carbons (Fsp3) is 0.480. The second kappa shape index (κ2) is 13.5. The number of hydrogen-bond donors (Lipinski definition) is 0. The van der Waals surface area contributed by atoms with Gasteiger partial charge in [-0.1, -0.05) is 83.1 Å². The Kier molecular flexibility index (Phi) is 15.4. The molecular formula is C25H39Sm+3. The quantitative estimate of drug-likeness (QED) is 0.356. The summed E-state index contributed by atoms with van der Waals surface area (Å²) in [7, 11) is 0. The van der Waals surface area contributed by atoms with Crippen LogP contribution in [-0.2, 0) is 0 Å². The van der Waals surface area contributed by atoms with Gasteiger partial charge in [0.05, 0.1) is 0 Å². The Bertz CT molecular complexity index is 230. The molecule has 2 aliphatic rings. The Morgan fingerprint density at radius 2 is 0.577 bits per heavy atom. The van der Waals surface area contributed by atoms with Crippen LogP contribution in [0.5, 0.6) is 0 Å². The summed E-state index contributed by atoms with van der Waals surface area (Å²) in [5.74, 6) is 15.8. The summed E-state index contributed by atoms with van der Waals surface area (Å²) in [6, 6.07) is 0. The molecule has 0 spiro atoms. The predicted molar refractivity (Wildman–Crippen MR) is 113 cm³/mol. The van der Waals surface area contributed by atoms with E-state index < -0.39 is 0 Å². The predicted octanol–water partition coefficient (Wildman–Crippen LogP) is 7.58. The van der Waals surface area contributed by atoms with Gasteiger partial charge in [0.1, 0.15) is 0 Å². The summed E-state index contributed by atoms with van der Waals surface area (Å²) in [5, 5.41) is 0. The smallest absolute Gasteiger partial charge is 0.0617 e. The van der Waals surface area contributed by atoms with Crippen molar-refractivity contribution in [1.29, 1.82) is 0 Å². The number of hydrogen-bond acceptors (Lipinski definition) is 0. The van der Waals surface area contributed by atoms with Gasteiger partial charge < -0.3 is 0 Å². The topological polar surface area (TPSA) is 0 Å². The van der Waals surface area contributed by atoms with E-state index in [-0.39, 0.29) is 40.4 Å². The second-order valence-corrected chi connectivity index (χ2v) is 7.39. The zero-order valence-corrected chi connectivity index (χ0v) is 21.8. The molecule has 142 valence electrons. The minimum absolute atomic E-state index is 0. The van der Waals surface area contributed by atoms with E-state index in [4.69, 9.17) is 0 Å². The van der Waals surface area contributed by atoms with E-state index in [0.717, 1.165) is 5.92 Å². The Hall–Kier alpha value is 1.34. The molecule has 2 saturated carbocycles. The fourth-order valence-electron chi connectivity index (χ4n) is 2.81. The summed E-state index contributed by atoms with van der Waals surface area (Å²) in [4.78, 5) is 0. The molecule has 2 aliphatic carbocycles. The number of rotatable bonds is 1. The van der Waals surface area contributed by atoms with E-state index in [2.05, 4.69) is 76.2 Å². The van der Waals surface area contributed by atoms with Crippen molar-refractivity contribution >= 4 is 0 Å². The van der Waals surface area contributed by atoms with Gasteiger partial charge >= 0.3 is 40.4 Å². The minimum atomic E-state index is 0. The maximum atomic E-state index is 3.62. The molecule has 0 aromatic heterocycles. The molecule has 0 nitrogen and oxygen atoms in total. The van der Waals surface area contributed by atoms with Gasteiger partial charge in [0.15, 0.2) is 0 Å². The van der Waals surface area contributed by atoms with Crippen LogP contribution in [0.2, 0.25) is 0 Å². The summed E-state index contributed by atoms with van der Waals surface area (Å²) in [6.07, 6.45) is 1.97. The molecule has 0 amide bonds. The standard InChI is InChI=1S/2C10H15.C5H9.Sm/c2*1-6-7(2)9(4)10(5)8(6)3;1-4-5(2)3;/h2*1-5H3;4H,2H2,1,3H3;/q;;;+3. The Morgan fingerprint density at radius 1 is 0.500 bits per heavy atom. The molecule has 2 fully saturated rings. The van der Waals surface area contributed by atoms with Crippen molar-refractivity contribution in [3.63, 3.8) is 0 Å². The third-order valence-corrected chi connectivity index (χ3v) is 6.12. The Morgan fingerprint density at radius 3 is 0.615 bits per heavy atom. The zero-order valence-electron chi connectivity index (χ0n) is 19.2. The summed E-state index contributed by atoms with van der Waals surface area (Å²) in [5.41, 5.74) is 0. The third kappa shape index (κ3) is 7.99. The van der Waals surface area contributed by atoms with Gasteiger partial charge in [0, 0.05) is 0 Å². The first kappa shape index (κ1) is 29.5. The van der Waals surface area contributed by atoms with Gasteiger partial charge in [-0.3, -0.25) is 0 Å². The van der Waals surface area contributed by atoms with E-state index in [1.165, 1.54) is 59.2 Å². The van der Waals surface area contributed by atoms with Gasteiger partial charge in [-0.05, 0) is 78.4 Å². The third-order valence-electron chi connectivity index (χ3n) is 6.12. The SMILES string of the molecule is C[C]1[C](C)[C](C)[C](C)[C]1C.C[C]1[C](C)[C](C)[C](C)[C]1C.[CH2][C](C)[CH]C.[Sm+3]. The molecule has 0 unspecified atom stereocenters. The molecule has 0 aromatic rings. The van der Waals surface area contributed by atoms with Crippen LogP contribution < -0.4 is 0 Å². The van der Waals surface area contributed by atoms with E-state index >= 15 is 0 Å². The van der Waals surface area contributed by atoms with Crippen LogP contribution in [0.3, 0.4) is 0 Å². The average molecular weight is 490 g/mol. The maximum absolute atomic E-state index is 3.62. The van der Waals surface area contributed by atoms with Crippen molar-refractivity contribution in [2.45, 2.75) is 83.1 Å². The Labute approximate surface area is 200 Å². The van der Waals surface area contributed by atoms with Crippen LogP contribution in [-0.4, -0.2) is 0 Å². The molecule has 0 N–H and O–H groups in total. The molecule has 14 radical (unpaired) electrons. The van der Waals surface area contributed by atoms with Crippen LogP contribution in [0.15, 0.2) is 0 Å². The van der Waals surface area contributed by atoms with Gasteiger partial charge in [-0.25, -0.2) is 0 Å². The molecular weight excluding hydrogens is 451 g/mol. The van der Waals surface area contributed by atoms with Gasteiger partial charge in [-0.2, -0.15) is 0 Å². The van der Waals surface area contributed by atoms with Gasteiger partial charge in [0.2, 0.25) is 0 Å². The molecule has 0 bridgehead atoms. The Balaban J connectivity index is 0. The molecule has 26 heavy (non-hydrogen) atoms. The van der Waals surface area contributed by atoms with Crippen molar-refractivity contribution in [2.24, 2.45) is 0 Å². The van der Waals surface area contributed by atoms with Crippen molar-refractivity contribution in [1.82, 2.24) is 0 Å². The second-order valence-electron chi connectivity index (χ2n) is 7.39. The van der Waals surface area contributed by atoms with E-state index in [0.29, 0.717) is 0 Å². The van der Waals surface area contributed by atoms with Crippen LogP contribution in [0.4, 0.5) is 0 Å². The normalized spacial score (nSPS) is 23.8. The largest absolute Gasteiger partial charge is 3.00 e. The fourth-order valence-corrected chi connectivity index (χ4v) is 2.81. The van der Waals surface area contributed by atoms with Crippen LogP contribution in [0.1, 0.15) is 83.1 Å². The molecule has 1 heteroatoms. The van der Waals surface area contributed by atoms with Crippen LogP contribution in [0.25, 0.3) is 0 Å². The van der Waals surface area contributed by atoms with Crippen molar-refractivity contribution in [2.75, 3.05) is 0 Å². The van der Waals surface area contributed by atoms with Crippen LogP contribution >= 0.6 is 0 Å². The molecule has 0 aromatic carbocycles. The molecule has 0 atom stereocenters. The molecule has 0 heterocycles. The average Bonchev–Trinajstić information content (AvgIpc) is 2.86. The molecule has 0 aliphatic heterocycles. The molecule has 0 saturated heterocycles. The minimum Gasteiger partial charge on any atom is -0.0617 e. The van der Waals surface area contributed by atoms with Crippen molar-refractivity contribution < 1.29 is 40.4 Å². The van der Waals surface area contributed by atoms with Crippen molar-refractivity contribution in [3.8, 4) is 0 Å². The maximum Gasteiger partial charge on any atom is 3.00 e. The summed E-state index contributed by atoms with van der Waals surface area (Å²) in [6.45, 7) is 29.6. The van der Waals surface area contributed by atoms with E-state index in [1.54, 1.807) is 0 Å². The van der Waals surface area contributed by atoms with Crippen LogP contribution in [0, 0.1) is 119 Å². The van der Waals surface area contributed by atoms with Crippen molar-refractivity contribution in [3.05, 3.63) is 78.4 Å². The van der Waals surface area contributed by atoms with Gasteiger partial charge in [-0.15, -0.1) is 0 Å². The first-order valence-corrected chi connectivity index (χ1v) is 9.22. The molecule has 2 rings (SSSR count). The monoisotopic (exact) mass is 491 g/mol. The first-order valence-electron chi connectivity index (χ1n) is 9.22. The summed E-state index contributed by atoms with van der Waals surface area (Å²) < 4.78 is 0. The van der Waals surface area contributed by atoms with Gasteiger partial charge in [0.25, 0.3) is 0 Å². The summed E-state index contributed by atoms with van der Waals surface area (Å²) >= 11 is 0. The van der Waals surface area contributed by atoms with E-state index in [9.17, 15) is 0 Å². The van der Waals surface area contributed by atoms with E-state index in [1.807, 2.05) is 20.3 Å².